The standard InChI is InChI=1S/C10H13NO4/c1-14-10(13)9-7(12)3-2-4-8(9)15-6-5-11/h2-4,12H,5-6,11H2,1H3. The Kier molecular flexibility index (Phi) is 3.93. The number of aromatic hydroxyl groups is 1. The molecule has 0 aliphatic heterocycles. The van der Waals surface area contributed by atoms with Crippen LogP contribution in [0.3, 0.4) is 0 Å². The van der Waals surface area contributed by atoms with Gasteiger partial charge in [-0.2, -0.15) is 0 Å². The van der Waals surface area contributed by atoms with Crippen LogP contribution in [-0.2, 0) is 4.74 Å². The lowest BCUT2D eigenvalue weighted by molar-refractivity contribution is 0.0592. The molecule has 3 N–H and O–H groups in total. The lowest BCUT2D eigenvalue weighted by Crippen LogP contribution is -2.13. The zero-order chi connectivity index (χ0) is 11.3. The molecule has 15 heavy (non-hydrogen) atoms. The molecule has 0 aliphatic rings. The fourth-order valence-corrected chi connectivity index (χ4v) is 1.12. The molecule has 1 aromatic carbocycles. The maximum Gasteiger partial charge on any atom is 0.345 e. The van der Waals surface area contributed by atoms with Gasteiger partial charge < -0.3 is 20.3 Å². The summed E-state index contributed by atoms with van der Waals surface area (Å²) in [5.74, 6) is -0.538. The van der Waals surface area contributed by atoms with Gasteiger partial charge in [0.15, 0.2) is 0 Å². The third kappa shape index (κ3) is 2.60. The Morgan fingerprint density at radius 2 is 2.27 bits per heavy atom. The lowest BCUT2D eigenvalue weighted by atomic mass is 10.2. The van der Waals surface area contributed by atoms with E-state index < -0.39 is 5.97 Å². The number of ether oxygens (including phenoxy) is 2. The van der Waals surface area contributed by atoms with Crippen molar-refractivity contribution >= 4 is 5.97 Å². The van der Waals surface area contributed by atoms with E-state index in [0.29, 0.717) is 6.54 Å². The van der Waals surface area contributed by atoms with Crippen molar-refractivity contribution in [3.63, 3.8) is 0 Å². The molecule has 1 rings (SSSR count). The van der Waals surface area contributed by atoms with Crippen LogP contribution in [0.2, 0.25) is 0 Å². The summed E-state index contributed by atoms with van der Waals surface area (Å²) in [7, 11) is 1.24. The Hall–Kier alpha value is -1.75. The van der Waals surface area contributed by atoms with Crippen molar-refractivity contribution in [3.05, 3.63) is 23.8 Å². The molecule has 5 nitrogen and oxygen atoms in total. The van der Waals surface area contributed by atoms with Gasteiger partial charge in [0.25, 0.3) is 0 Å². The molecule has 0 aliphatic carbocycles. The molecule has 1 aromatic rings. The van der Waals surface area contributed by atoms with Crippen LogP contribution in [0.25, 0.3) is 0 Å². The normalized spacial score (nSPS) is 9.73. The van der Waals surface area contributed by atoms with Gasteiger partial charge in [-0.3, -0.25) is 0 Å². The minimum absolute atomic E-state index is 0.0217. The van der Waals surface area contributed by atoms with Gasteiger partial charge in [-0.25, -0.2) is 4.79 Å². The second kappa shape index (κ2) is 5.21. The summed E-state index contributed by atoms with van der Waals surface area (Å²) in [6.07, 6.45) is 0. The number of hydrogen-bond acceptors (Lipinski definition) is 5. The maximum absolute atomic E-state index is 11.3. The van der Waals surface area contributed by atoms with Crippen LogP contribution in [-0.4, -0.2) is 31.3 Å². The van der Waals surface area contributed by atoms with Crippen molar-refractivity contribution in [3.8, 4) is 11.5 Å². The Morgan fingerprint density at radius 3 is 2.87 bits per heavy atom. The fraction of sp³-hybridized carbons (Fsp3) is 0.300. The average molecular weight is 211 g/mol. The smallest absolute Gasteiger partial charge is 0.345 e. The van der Waals surface area contributed by atoms with E-state index in [1.165, 1.54) is 13.2 Å². The molecule has 0 bridgehead atoms. The summed E-state index contributed by atoms with van der Waals surface area (Å²) in [5, 5.41) is 9.48. The second-order valence-corrected chi connectivity index (χ2v) is 2.78. The number of methoxy groups -OCH3 is 1. The van der Waals surface area contributed by atoms with E-state index in [9.17, 15) is 9.90 Å². The van der Waals surface area contributed by atoms with Crippen molar-refractivity contribution < 1.29 is 19.4 Å². The summed E-state index contributed by atoms with van der Waals surface area (Å²) in [5.41, 5.74) is 5.29. The molecule has 0 saturated heterocycles. The molecular formula is C10H13NO4. The highest BCUT2D eigenvalue weighted by Gasteiger charge is 2.17. The molecular weight excluding hydrogens is 198 g/mol. The van der Waals surface area contributed by atoms with Crippen LogP contribution < -0.4 is 10.5 Å². The molecule has 0 saturated carbocycles. The number of esters is 1. The van der Waals surface area contributed by atoms with Crippen LogP contribution in [0, 0.1) is 0 Å². The molecule has 0 fully saturated rings. The summed E-state index contributed by atoms with van der Waals surface area (Å²) >= 11 is 0. The quantitative estimate of drug-likeness (QED) is 0.709. The topological polar surface area (TPSA) is 81.8 Å². The van der Waals surface area contributed by atoms with E-state index >= 15 is 0 Å². The zero-order valence-corrected chi connectivity index (χ0v) is 8.40. The summed E-state index contributed by atoms with van der Waals surface area (Å²) in [6.45, 7) is 0.601. The average Bonchev–Trinajstić information content (AvgIpc) is 2.25. The maximum atomic E-state index is 11.3. The van der Waals surface area contributed by atoms with Crippen LogP contribution in [0.5, 0.6) is 11.5 Å². The number of nitrogens with two attached hydrogens (primary N) is 1. The highest BCUT2D eigenvalue weighted by molar-refractivity contribution is 5.95. The van der Waals surface area contributed by atoms with Gasteiger partial charge in [-0.1, -0.05) is 6.07 Å². The predicted molar refractivity (Wildman–Crippen MR) is 54.0 cm³/mol. The molecule has 82 valence electrons. The lowest BCUT2D eigenvalue weighted by Gasteiger charge is -2.10. The largest absolute Gasteiger partial charge is 0.507 e. The minimum Gasteiger partial charge on any atom is -0.507 e. The highest BCUT2D eigenvalue weighted by atomic mass is 16.5. The Morgan fingerprint density at radius 1 is 1.53 bits per heavy atom. The van der Waals surface area contributed by atoms with Gasteiger partial charge in [-0.15, -0.1) is 0 Å². The first-order chi connectivity index (χ1) is 7.20. The summed E-state index contributed by atoms with van der Waals surface area (Å²) in [6, 6.07) is 4.54. The molecule has 0 spiro atoms. The molecule has 0 radical (unpaired) electrons. The van der Waals surface area contributed by atoms with Crippen LogP contribution in [0.4, 0.5) is 0 Å². The molecule has 0 heterocycles. The first-order valence-corrected chi connectivity index (χ1v) is 4.44. The Bertz CT molecular complexity index is 351. The van der Waals surface area contributed by atoms with E-state index in [1.54, 1.807) is 12.1 Å². The number of carbonyl (C=O) groups is 1. The molecule has 0 atom stereocenters. The summed E-state index contributed by atoms with van der Waals surface area (Å²) < 4.78 is 9.73. The van der Waals surface area contributed by atoms with Crippen LogP contribution in [0.1, 0.15) is 10.4 Å². The highest BCUT2D eigenvalue weighted by Crippen LogP contribution is 2.27. The van der Waals surface area contributed by atoms with Crippen molar-refractivity contribution in [2.24, 2.45) is 5.73 Å². The summed E-state index contributed by atoms with van der Waals surface area (Å²) in [4.78, 5) is 11.3. The van der Waals surface area contributed by atoms with Gasteiger partial charge >= 0.3 is 5.97 Å². The first kappa shape index (κ1) is 11.3. The second-order valence-electron chi connectivity index (χ2n) is 2.78. The SMILES string of the molecule is COC(=O)c1c(O)cccc1OCCN. The predicted octanol–water partition coefficient (Wildman–Crippen LogP) is 0.516. The number of carbonyl (C=O) groups excluding carboxylic acids is 1. The number of rotatable bonds is 4. The van der Waals surface area contributed by atoms with E-state index in [4.69, 9.17) is 10.5 Å². The van der Waals surface area contributed by atoms with Gasteiger partial charge in [0.05, 0.1) is 7.11 Å². The van der Waals surface area contributed by atoms with Gasteiger partial charge in [0.1, 0.15) is 23.7 Å². The Balaban J connectivity index is 3.03. The Labute approximate surface area is 87.4 Å². The minimum atomic E-state index is -0.639. The fourth-order valence-electron chi connectivity index (χ4n) is 1.12. The van der Waals surface area contributed by atoms with Crippen molar-refractivity contribution in [2.45, 2.75) is 0 Å². The van der Waals surface area contributed by atoms with Crippen LogP contribution >= 0.6 is 0 Å². The number of benzene rings is 1. The molecule has 0 aromatic heterocycles. The number of phenolic OH excluding ortho intramolecular Hbond substituents is 1. The molecule has 5 heteroatoms. The van der Waals surface area contributed by atoms with Crippen molar-refractivity contribution in [1.82, 2.24) is 0 Å². The van der Waals surface area contributed by atoms with E-state index in [0.717, 1.165) is 0 Å². The van der Waals surface area contributed by atoms with E-state index in [2.05, 4.69) is 4.74 Å². The van der Waals surface area contributed by atoms with E-state index in [-0.39, 0.29) is 23.7 Å². The van der Waals surface area contributed by atoms with E-state index in [1.807, 2.05) is 0 Å². The van der Waals surface area contributed by atoms with Gasteiger partial charge in [0, 0.05) is 6.54 Å². The molecule has 0 unspecified atom stereocenters. The third-order valence-electron chi connectivity index (χ3n) is 1.77. The van der Waals surface area contributed by atoms with Gasteiger partial charge in [-0.05, 0) is 12.1 Å². The van der Waals surface area contributed by atoms with Gasteiger partial charge in [0.2, 0.25) is 0 Å². The number of phenols is 1. The monoisotopic (exact) mass is 211 g/mol. The molecule has 0 amide bonds. The van der Waals surface area contributed by atoms with Crippen LogP contribution in [0.15, 0.2) is 18.2 Å². The first-order valence-electron chi connectivity index (χ1n) is 4.44. The zero-order valence-electron chi connectivity index (χ0n) is 8.40. The third-order valence-corrected chi connectivity index (χ3v) is 1.77. The van der Waals surface area contributed by atoms with Crippen molar-refractivity contribution in [2.75, 3.05) is 20.3 Å². The van der Waals surface area contributed by atoms with Crippen molar-refractivity contribution in [1.29, 1.82) is 0 Å². The number of hydrogen-bond donors (Lipinski definition) is 2.